The van der Waals surface area contributed by atoms with E-state index in [4.69, 9.17) is 4.74 Å². The summed E-state index contributed by atoms with van der Waals surface area (Å²) in [6.07, 6.45) is 4.33. The molecule has 0 saturated heterocycles. The first-order valence-corrected chi connectivity index (χ1v) is 10.4. The highest BCUT2D eigenvalue weighted by Gasteiger charge is 2.22. The van der Waals surface area contributed by atoms with Crippen LogP contribution in [0.1, 0.15) is 58.1 Å². The molecule has 0 aliphatic carbocycles. The monoisotopic (exact) mass is 516 g/mol. The number of aliphatic imine (C=N–C) groups is 1. The van der Waals surface area contributed by atoms with E-state index < -0.39 is 0 Å². The quantitative estimate of drug-likeness (QED) is 0.312. The van der Waals surface area contributed by atoms with Crippen LogP contribution in [0.5, 0.6) is 5.75 Å². The van der Waals surface area contributed by atoms with Crippen molar-refractivity contribution >= 4 is 35.8 Å². The Balaban J connectivity index is 0.00000420. The third-order valence-electron chi connectivity index (χ3n) is 4.94. The Labute approximate surface area is 192 Å². The molecule has 0 saturated carbocycles. The lowest BCUT2D eigenvalue weighted by Gasteiger charge is -2.29. The van der Waals surface area contributed by atoms with Crippen LogP contribution in [0, 0.1) is 5.92 Å². The van der Waals surface area contributed by atoms with Gasteiger partial charge in [0.15, 0.2) is 5.96 Å². The number of fused-ring (bicyclic) bond motifs is 1. The van der Waals surface area contributed by atoms with Gasteiger partial charge in [0.05, 0.1) is 12.6 Å². The first-order valence-electron chi connectivity index (χ1n) is 10.4. The molecule has 0 fully saturated rings. The second-order valence-electron chi connectivity index (χ2n) is 8.20. The van der Waals surface area contributed by atoms with Gasteiger partial charge in [-0.3, -0.25) is 4.79 Å². The first-order chi connectivity index (χ1) is 13.4. The van der Waals surface area contributed by atoms with Gasteiger partial charge >= 0.3 is 0 Å². The van der Waals surface area contributed by atoms with E-state index >= 15 is 0 Å². The molecule has 2 unspecified atom stereocenters. The first kappa shape index (κ1) is 25.5. The number of guanidine groups is 1. The number of hydrogen-bond acceptors (Lipinski definition) is 3. The molecule has 1 aromatic carbocycles. The van der Waals surface area contributed by atoms with Gasteiger partial charge in [-0.2, -0.15) is 0 Å². The van der Waals surface area contributed by atoms with Crippen molar-refractivity contribution in [1.82, 2.24) is 15.5 Å². The van der Waals surface area contributed by atoms with Crippen LogP contribution < -0.4 is 15.4 Å². The Morgan fingerprint density at radius 3 is 2.66 bits per heavy atom. The lowest BCUT2D eigenvalue weighted by molar-refractivity contribution is -0.127. The van der Waals surface area contributed by atoms with Crippen LogP contribution in [0.2, 0.25) is 0 Å². The van der Waals surface area contributed by atoms with Crippen LogP contribution in [0.25, 0.3) is 0 Å². The van der Waals surface area contributed by atoms with E-state index in [1.807, 2.05) is 18.2 Å². The van der Waals surface area contributed by atoms with Crippen molar-refractivity contribution in [3.63, 3.8) is 0 Å². The number of carbonyl (C=O) groups excluding carboxylic acids is 1. The predicted octanol–water partition coefficient (Wildman–Crippen LogP) is 3.97. The summed E-state index contributed by atoms with van der Waals surface area (Å²) in [4.78, 5) is 18.1. The molecular formula is C22H37IN4O2. The zero-order valence-electron chi connectivity index (χ0n) is 18.4. The van der Waals surface area contributed by atoms with Gasteiger partial charge in [-0.15, -0.1) is 24.0 Å². The van der Waals surface area contributed by atoms with Gasteiger partial charge in [-0.1, -0.05) is 44.9 Å². The largest absolute Gasteiger partial charge is 0.493 e. The number of benzene rings is 1. The summed E-state index contributed by atoms with van der Waals surface area (Å²) in [6, 6.07) is 8.50. The number of para-hydroxylation sites is 1. The highest BCUT2D eigenvalue weighted by atomic mass is 127. The third-order valence-corrected chi connectivity index (χ3v) is 4.94. The van der Waals surface area contributed by atoms with Crippen molar-refractivity contribution in [2.45, 2.75) is 58.5 Å². The van der Waals surface area contributed by atoms with Gasteiger partial charge in [0, 0.05) is 32.1 Å². The number of amides is 1. The molecule has 7 heteroatoms. The minimum Gasteiger partial charge on any atom is -0.493 e. The third kappa shape index (κ3) is 8.80. The van der Waals surface area contributed by atoms with Crippen LogP contribution in [0.4, 0.5) is 0 Å². The fourth-order valence-corrected chi connectivity index (χ4v) is 3.22. The SMILES string of the molecule is CC(C)CCCC(C)NC(=NCC(=O)N(C)C)NC1CCOc2ccccc21.I. The molecule has 1 heterocycles. The lowest BCUT2D eigenvalue weighted by atomic mass is 10.0. The maximum atomic E-state index is 12.0. The number of ether oxygens (including phenoxy) is 1. The van der Waals surface area contributed by atoms with Crippen molar-refractivity contribution < 1.29 is 9.53 Å². The summed E-state index contributed by atoms with van der Waals surface area (Å²) in [7, 11) is 3.50. The molecule has 0 aromatic heterocycles. The molecule has 0 radical (unpaired) electrons. The van der Waals surface area contributed by atoms with E-state index in [2.05, 4.69) is 42.5 Å². The van der Waals surface area contributed by atoms with Gasteiger partial charge in [0.1, 0.15) is 12.3 Å². The normalized spacial score (nSPS) is 16.9. The molecule has 0 bridgehead atoms. The van der Waals surface area contributed by atoms with Crippen molar-refractivity contribution in [3.8, 4) is 5.75 Å². The number of hydrogen-bond donors (Lipinski definition) is 2. The fourth-order valence-electron chi connectivity index (χ4n) is 3.22. The van der Waals surface area contributed by atoms with Crippen LogP contribution in [0.15, 0.2) is 29.3 Å². The molecule has 29 heavy (non-hydrogen) atoms. The Morgan fingerprint density at radius 2 is 1.97 bits per heavy atom. The van der Waals surface area contributed by atoms with E-state index in [0.717, 1.165) is 30.1 Å². The average molecular weight is 516 g/mol. The second kappa shape index (κ2) is 12.9. The zero-order valence-corrected chi connectivity index (χ0v) is 20.7. The molecule has 2 atom stereocenters. The number of likely N-dealkylation sites (N-methyl/N-ethyl adjacent to an activating group) is 1. The maximum absolute atomic E-state index is 12.0. The number of rotatable bonds is 8. The zero-order chi connectivity index (χ0) is 20.5. The van der Waals surface area contributed by atoms with Crippen molar-refractivity contribution in [2.75, 3.05) is 27.2 Å². The highest BCUT2D eigenvalue weighted by Crippen LogP contribution is 2.31. The molecule has 1 aromatic rings. The van der Waals surface area contributed by atoms with Gasteiger partial charge < -0.3 is 20.3 Å². The van der Waals surface area contributed by atoms with Crippen LogP contribution >= 0.6 is 24.0 Å². The van der Waals surface area contributed by atoms with Crippen LogP contribution in [-0.2, 0) is 4.79 Å². The number of nitrogens with zero attached hydrogens (tertiary/aromatic N) is 2. The molecule has 164 valence electrons. The van der Waals surface area contributed by atoms with Gasteiger partial charge in [0.25, 0.3) is 0 Å². The van der Waals surface area contributed by atoms with E-state index in [1.165, 1.54) is 12.8 Å². The summed E-state index contributed by atoms with van der Waals surface area (Å²) in [5.74, 6) is 2.31. The molecule has 2 N–H and O–H groups in total. The van der Waals surface area contributed by atoms with E-state index in [9.17, 15) is 4.79 Å². The lowest BCUT2D eigenvalue weighted by Crippen LogP contribution is -2.45. The molecule has 0 spiro atoms. The Hall–Kier alpha value is -1.51. The Morgan fingerprint density at radius 1 is 1.24 bits per heavy atom. The number of halogens is 1. The van der Waals surface area contributed by atoms with Crippen LogP contribution in [0.3, 0.4) is 0 Å². The molecule has 1 aliphatic rings. The van der Waals surface area contributed by atoms with Crippen molar-refractivity contribution in [2.24, 2.45) is 10.9 Å². The van der Waals surface area contributed by atoms with Gasteiger partial charge in [-0.25, -0.2) is 4.99 Å². The second-order valence-corrected chi connectivity index (χ2v) is 8.20. The molecule has 1 amide bonds. The Kier molecular flexibility index (Phi) is 11.4. The standard InChI is InChI=1S/C22H36N4O2.HI/c1-16(2)9-8-10-17(3)24-22(23-15-21(27)26(4)5)25-19-13-14-28-20-12-7-6-11-18(19)20;/h6-7,11-12,16-17,19H,8-10,13-15H2,1-5H3,(H2,23,24,25);1H. The maximum Gasteiger partial charge on any atom is 0.243 e. The van der Waals surface area contributed by atoms with E-state index in [-0.39, 0.29) is 48.5 Å². The number of carbonyl (C=O) groups is 1. The summed E-state index contributed by atoms with van der Waals surface area (Å²) >= 11 is 0. The minimum absolute atomic E-state index is 0. The minimum atomic E-state index is -0.0130. The molecular weight excluding hydrogens is 479 g/mol. The number of nitrogens with one attached hydrogen (secondary N) is 2. The van der Waals surface area contributed by atoms with Gasteiger partial charge in [0.2, 0.25) is 5.91 Å². The molecule has 1 aliphatic heterocycles. The summed E-state index contributed by atoms with van der Waals surface area (Å²) in [6.45, 7) is 7.47. The molecule has 2 rings (SSSR count). The fraction of sp³-hybridized carbons (Fsp3) is 0.636. The summed E-state index contributed by atoms with van der Waals surface area (Å²) in [5.41, 5.74) is 1.13. The smallest absolute Gasteiger partial charge is 0.243 e. The summed E-state index contributed by atoms with van der Waals surface area (Å²) < 4.78 is 5.76. The summed E-state index contributed by atoms with van der Waals surface area (Å²) in [5, 5.41) is 7.02. The van der Waals surface area contributed by atoms with Crippen LogP contribution in [-0.4, -0.2) is 50.1 Å². The average Bonchev–Trinajstić information content (AvgIpc) is 2.65. The van der Waals surface area contributed by atoms with Gasteiger partial charge in [-0.05, 0) is 25.3 Å². The van der Waals surface area contributed by atoms with E-state index in [1.54, 1.807) is 19.0 Å². The molecule has 6 nitrogen and oxygen atoms in total. The Bertz CT molecular complexity index is 664. The predicted molar refractivity (Wildman–Crippen MR) is 130 cm³/mol. The highest BCUT2D eigenvalue weighted by molar-refractivity contribution is 14.0. The topological polar surface area (TPSA) is 66.0 Å². The van der Waals surface area contributed by atoms with Crippen molar-refractivity contribution in [3.05, 3.63) is 29.8 Å². The van der Waals surface area contributed by atoms with Crippen molar-refractivity contribution in [1.29, 1.82) is 0 Å². The van der Waals surface area contributed by atoms with E-state index in [0.29, 0.717) is 12.6 Å².